The van der Waals surface area contributed by atoms with Crippen LogP contribution in [-0.4, -0.2) is 21.7 Å². The van der Waals surface area contributed by atoms with E-state index in [0.717, 1.165) is 18.4 Å². The van der Waals surface area contributed by atoms with Gasteiger partial charge in [-0.3, -0.25) is 9.59 Å². The molecule has 0 bridgehead atoms. The van der Waals surface area contributed by atoms with E-state index in [1.165, 1.54) is 35.4 Å². The maximum absolute atomic E-state index is 14.5. The van der Waals surface area contributed by atoms with Crippen LogP contribution in [0.15, 0.2) is 48.7 Å². The van der Waals surface area contributed by atoms with Gasteiger partial charge in [0.1, 0.15) is 11.4 Å². The molecule has 164 valence electrons. The summed E-state index contributed by atoms with van der Waals surface area (Å²) in [5.41, 5.74) is 7.21. The lowest BCUT2D eigenvalue weighted by molar-refractivity contribution is 0.0763. The lowest BCUT2D eigenvalue weighted by atomic mass is 10.1. The lowest BCUT2D eigenvalue weighted by Crippen LogP contribution is -2.24. The monoisotopic (exact) mass is 437 g/mol. The van der Waals surface area contributed by atoms with Crippen molar-refractivity contribution >= 4 is 11.8 Å². The van der Waals surface area contributed by atoms with Crippen LogP contribution in [0.4, 0.5) is 8.78 Å². The number of ether oxygens (including phenoxy) is 1. The summed E-state index contributed by atoms with van der Waals surface area (Å²) in [6.07, 6.45) is 3.15. The number of pyridine rings is 1. The second kappa shape index (κ2) is 8.74. The molecule has 4 rings (SSSR count). The van der Waals surface area contributed by atoms with E-state index in [9.17, 15) is 18.4 Å². The molecule has 0 spiro atoms. The number of halogens is 2. The minimum absolute atomic E-state index is 0.0129. The molecule has 2 heterocycles. The van der Waals surface area contributed by atoms with Crippen LogP contribution in [0, 0.1) is 11.6 Å². The molecule has 0 saturated carbocycles. The van der Waals surface area contributed by atoms with Gasteiger partial charge in [0, 0.05) is 19.3 Å². The van der Waals surface area contributed by atoms with E-state index in [2.05, 4.69) is 4.98 Å². The van der Waals surface area contributed by atoms with Crippen molar-refractivity contribution in [2.45, 2.75) is 32.9 Å². The Morgan fingerprint density at radius 1 is 1.12 bits per heavy atom. The molecule has 0 radical (unpaired) electrons. The largest absolute Gasteiger partial charge is 0.435 e. The average molecular weight is 437 g/mol. The molecule has 1 aromatic heterocycles. The maximum atomic E-state index is 14.5. The van der Waals surface area contributed by atoms with E-state index < -0.39 is 17.5 Å². The molecule has 3 aromatic rings. The fraction of sp³-hybridized carbons (Fsp3) is 0.208. The van der Waals surface area contributed by atoms with Crippen LogP contribution in [-0.2, 0) is 19.5 Å². The van der Waals surface area contributed by atoms with Crippen LogP contribution in [0.1, 0.15) is 50.8 Å². The molecule has 2 aromatic carbocycles. The van der Waals surface area contributed by atoms with E-state index in [-0.39, 0.29) is 41.8 Å². The number of nitrogens with zero attached hydrogens (tertiary/aromatic N) is 2. The van der Waals surface area contributed by atoms with Gasteiger partial charge in [0.25, 0.3) is 11.8 Å². The first-order valence-corrected chi connectivity index (χ1v) is 10.2. The van der Waals surface area contributed by atoms with Gasteiger partial charge in [-0.25, -0.2) is 13.8 Å². The van der Waals surface area contributed by atoms with Crippen molar-refractivity contribution in [2.24, 2.45) is 5.73 Å². The van der Waals surface area contributed by atoms with Crippen molar-refractivity contribution < 1.29 is 23.1 Å². The molecule has 2 N–H and O–H groups in total. The summed E-state index contributed by atoms with van der Waals surface area (Å²) in [7, 11) is 0. The predicted molar refractivity (Wildman–Crippen MR) is 113 cm³/mol. The Kier molecular flexibility index (Phi) is 5.85. The van der Waals surface area contributed by atoms with Crippen LogP contribution in [0.3, 0.4) is 0 Å². The zero-order valence-electron chi connectivity index (χ0n) is 17.4. The number of carbonyl (C=O) groups is 2. The molecule has 1 aliphatic rings. The van der Waals surface area contributed by atoms with E-state index in [1.54, 1.807) is 18.2 Å². The van der Waals surface area contributed by atoms with Crippen LogP contribution in [0.25, 0.3) is 0 Å². The molecule has 8 heteroatoms. The molecule has 0 unspecified atom stereocenters. The van der Waals surface area contributed by atoms with Crippen molar-refractivity contribution in [3.05, 3.63) is 88.1 Å². The molecule has 32 heavy (non-hydrogen) atoms. The first-order valence-electron chi connectivity index (χ1n) is 10.2. The fourth-order valence-corrected chi connectivity index (χ4v) is 3.73. The zero-order valence-corrected chi connectivity index (χ0v) is 17.4. The van der Waals surface area contributed by atoms with Gasteiger partial charge >= 0.3 is 0 Å². The number of benzene rings is 2. The quantitative estimate of drug-likeness (QED) is 0.595. The number of hydrogen-bond donors (Lipinski definition) is 1. The first kappa shape index (κ1) is 21.4. The Bertz CT molecular complexity index is 1210. The molecule has 0 atom stereocenters. The molecule has 0 fully saturated rings. The zero-order chi connectivity index (χ0) is 22.8. The van der Waals surface area contributed by atoms with Crippen molar-refractivity contribution in [3.8, 4) is 11.6 Å². The van der Waals surface area contributed by atoms with E-state index in [0.29, 0.717) is 11.1 Å². The summed E-state index contributed by atoms with van der Waals surface area (Å²) in [5, 5.41) is 0. The van der Waals surface area contributed by atoms with Crippen molar-refractivity contribution in [1.29, 1.82) is 0 Å². The topological polar surface area (TPSA) is 85.5 Å². The van der Waals surface area contributed by atoms with Crippen molar-refractivity contribution in [2.75, 3.05) is 0 Å². The normalized spacial score (nSPS) is 12.7. The Morgan fingerprint density at radius 2 is 1.88 bits per heavy atom. The lowest BCUT2D eigenvalue weighted by Gasteiger charge is -2.16. The number of rotatable bonds is 7. The molecule has 0 saturated heterocycles. The third-order valence-corrected chi connectivity index (χ3v) is 5.28. The highest BCUT2D eigenvalue weighted by atomic mass is 19.1. The van der Waals surface area contributed by atoms with Crippen LogP contribution < -0.4 is 10.5 Å². The highest BCUT2D eigenvalue weighted by molar-refractivity contribution is 6.00. The summed E-state index contributed by atoms with van der Waals surface area (Å²) in [6, 6.07) is 10.4. The average Bonchev–Trinajstić information content (AvgIpc) is 3.06. The second-order valence-corrected chi connectivity index (χ2v) is 7.61. The summed E-state index contributed by atoms with van der Waals surface area (Å²) < 4.78 is 34.2. The Hall–Kier alpha value is -3.81. The van der Waals surface area contributed by atoms with E-state index in [4.69, 9.17) is 10.5 Å². The van der Waals surface area contributed by atoms with Gasteiger partial charge in [-0.15, -0.1) is 0 Å². The number of nitrogens with two attached hydrogens (primary N) is 1. The number of carbonyl (C=O) groups excluding carboxylic acids is 2. The number of aromatic nitrogens is 1. The molecule has 1 aliphatic heterocycles. The summed E-state index contributed by atoms with van der Waals surface area (Å²) >= 11 is 0. The minimum atomic E-state index is -0.860. The number of primary amides is 1. The second-order valence-electron chi connectivity index (χ2n) is 7.61. The number of aryl methyl sites for hydroxylation is 1. The van der Waals surface area contributed by atoms with Gasteiger partial charge in [-0.1, -0.05) is 25.5 Å². The third kappa shape index (κ3) is 4.16. The van der Waals surface area contributed by atoms with E-state index >= 15 is 0 Å². The smallest absolute Gasteiger partial charge is 0.260 e. The van der Waals surface area contributed by atoms with Gasteiger partial charge in [0.2, 0.25) is 5.88 Å². The maximum Gasteiger partial charge on any atom is 0.260 e. The number of fused-ring (bicyclic) bond motifs is 1. The summed E-state index contributed by atoms with van der Waals surface area (Å²) in [5.74, 6) is -2.48. The summed E-state index contributed by atoms with van der Waals surface area (Å²) in [6.45, 7) is 2.39. The van der Waals surface area contributed by atoms with Gasteiger partial charge in [-0.05, 0) is 53.4 Å². The van der Waals surface area contributed by atoms with Gasteiger partial charge in [0.15, 0.2) is 11.6 Å². The minimum Gasteiger partial charge on any atom is -0.435 e. The molecule has 0 aliphatic carbocycles. The predicted octanol–water partition coefficient (Wildman–Crippen LogP) is 4.36. The van der Waals surface area contributed by atoms with Crippen molar-refractivity contribution in [1.82, 2.24) is 9.88 Å². The van der Waals surface area contributed by atoms with Crippen LogP contribution >= 0.6 is 0 Å². The van der Waals surface area contributed by atoms with Crippen molar-refractivity contribution in [3.63, 3.8) is 0 Å². The Balaban J connectivity index is 1.56. The molecular weight excluding hydrogens is 416 g/mol. The first-order chi connectivity index (χ1) is 15.4. The van der Waals surface area contributed by atoms with Crippen LogP contribution in [0.5, 0.6) is 11.6 Å². The van der Waals surface area contributed by atoms with E-state index in [1.807, 2.05) is 6.92 Å². The SMILES string of the molecule is CCCc1ccc(Oc2nccc3c2C(=O)N(Cc2ccc(C(N)=O)c(F)c2)C3)c(F)c1. The molecular formula is C24H21F2N3O3. The molecule has 6 nitrogen and oxygen atoms in total. The highest BCUT2D eigenvalue weighted by Crippen LogP contribution is 2.34. The highest BCUT2D eigenvalue weighted by Gasteiger charge is 2.32. The standard InChI is InChI=1S/C24H21F2N3O3/c1-2-3-14-5-7-20(19(26)10-14)32-23-21-16(8-9-28-23)13-29(24(21)31)12-15-4-6-17(22(27)30)18(25)11-15/h4-11H,2-3,12-13H2,1H3,(H2,27,30). The Labute approximate surface area is 183 Å². The fourth-order valence-electron chi connectivity index (χ4n) is 3.73. The summed E-state index contributed by atoms with van der Waals surface area (Å²) in [4.78, 5) is 29.9. The number of amides is 2. The van der Waals surface area contributed by atoms with Crippen LogP contribution in [0.2, 0.25) is 0 Å². The van der Waals surface area contributed by atoms with Gasteiger partial charge in [0.05, 0.1) is 5.56 Å². The Morgan fingerprint density at radius 3 is 2.56 bits per heavy atom. The van der Waals surface area contributed by atoms with Gasteiger partial charge < -0.3 is 15.4 Å². The molecule has 2 amide bonds. The third-order valence-electron chi connectivity index (χ3n) is 5.28. The van der Waals surface area contributed by atoms with Gasteiger partial charge in [-0.2, -0.15) is 0 Å². The number of hydrogen-bond acceptors (Lipinski definition) is 4.